The van der Waals surface area contributed by atoms with Crippen LogP contribution in [0.2, 0.25) is 0 Å². The van der Waals surface area contributed by atoms with Crippen molar-refractivity contribution < 1.29 is 9.53 Å². The summed E-state index contributed by atoms with van der Waals surface area (Å²) in [5, 5.41) is 2.97. The zero-order valence-corrected chi connectivity index (χ0v) is 17.0. The van der Waals surface area contributed by atoms with Gasteiger partial charge in [-0.2, -0.15) is 0 Å². The number of ether oxygens (including phenoxy) is 1. The minimum Gasteiger partial charge on any atom is -0.378 e. The van der Waals surface area contributed by atoms with Crippen LogP contribution in [0.15, 0.2) is 72.9 Å². The Morgan fingerprint density at radius 2 is 1.83 bits per heavy atom. The van der Waals surface area contributed by atoms with Gasteiger partial charge in [-0.15, -0.1) is 0 Å². The molecule has 2 heterocycles. The van der Waals surface area contributed by atoms with Gasteiger partial charge >= 0.3 is 0 Å². The lowest BCUT2D eigenvalue weighted by molar-refractivity contribution is -0.111. The number of nitrogens with zero attached hydrogens (tertiary/aromatic N) is 2. The van der Waals surface area contributed by atoms with Gasteiger partial charge in [0.25, 0.3) is 0 Å². The molecule has 5 heteroatoms. The molecule has 1 aliphatic heterocycles. The molecule has 1 amide bonds. The summed E-state index contributed by atoms with van der Waals surface area (Å²) >= 11 is 0. The maximum absolute atomic E-state index is 12.4. The van der Waals surface area contributed by atoms with Crippen LogP contribution in [0.3, 0.4) is 0 Å². The zero-order chi connectivity index (χ0) is 20.8. The summed E-state index contributed by atoms with van der Waals surface area (Å²) in [6.45, 7) is 5.17. The summed E-state index contributed by atoms with van der Waals surface area (Å²) in [6.07, 6.45) is 5.20. The molecule has 1 saturated heterocycles. The number of rotatable bonds is 5. The fourth-order valence-electron chi connectivity index (χ4n) is 3.51. The van der Waals surface area contributed by atoms with Gasteiger partial charge in [-0.05, 0) is 59.5 Å². The second-order valence-electron chi connectivity index (χ2n) is 7.32. The predicted octanol–water partition coefficient (Wildman–Crippen LogP) is 4.55. The van der Waals surface area contributed by atoms with Crippen LogP contribution in [0.25, 0.3) is 17.2 Å². The second-order valence-corrected chi connectivity index (χ2v) is 7.32. The highest BCUT2D eigenvalue weighted by molar-refractivity contribution is 6.02. The lowest BCUT2D eigenvalue weighted by atomic mass is 10.0. The molecular formula is C25H25N3O2. The van der Waals surface area contributed by atoms with Gasteiger partial charge in [0.2, 0.25) is 5.91 Å². The van der Waals surface area contributed by atoms with E-state index >= 15 is 0 Å². The summed E-state index contributed by atoms with van der Waals surface area (Å²) in [7, 11) is 0. The molecule has 0 bridgehead atoms. The minimum absolute atomic E-state index is 0.154. The summed E-state index contributed by atoms with van der Waals surface area (Å²) in [5.41, 5.74) is 4.97. The molecule has 0 spiro atoms. The van der Waals surface area contributed by atoms with Crippen LogP contribution in [-0.4, -0.2) is 37.2 Å². The number of hydrogen-bond donors (Lipinski definition) is 1. The average Bonchev–Trinajstić information content (AvgIpc) is 2.79. The minimum atomic E-state index is -0.154. The highest BCUT2D eigenvalue weighted by atomic mass is 16.5. The van der Waals surface area contributed by atoms with Gasteiger partial charge in [0.1, 0.15) is 5.82 Å². The third-order valence-corrected chi connectivity index (χ3v) is 4.99. The van der Waals surface area contributed by atoms with E-state index in [0.29, 0.717) is 0 Å². The van der Waals surface area contributed by atoms with E-state index < -0.39 is 0 Å². The number of aryl methyl sites for hydroxylation is 1. The molecule has 0 aliphatic carbocycles. The first-order valence-electron chi connectivity index (χ1n) is 10.1. The Kier molecular flexibility index (Phi) is 6.20. The standard InChI is InChI=1S/C25H25N3O2/c1-19-15-22(21-9-10-26-24(18-21)28-11-13-30-14-12-28)17-23(16-19)27-25(29)8-7-20-5-3-2-4-6-20/h2-10,15-18H,11-14H2,1H3,(H,27,29). The molecule has 1 aromatic heterocycles. The molecule has 1 N–H and O–H groups in total. The molecule has 4 rings (SSSR count). The molecule has 0 radical (unpaired) electrons. The van der Waals surface area contributed by atoms with Gasteiger partial charge in [0.05, 0.1) is 13.2 Å². The first kappa shape index (κ1) is 19.9. The van der Waals surface area contributed by atoms with Crippen LogP contribution >= 0.6 is 0 Å². The highest BCUT2D eigenvalue weighted by Crippen LogP contribution is 2.27. The quantitative estimate of drug-likeness (QED) is 0.640. The van der Waals surface area contributed by atoms with Crippen LogP contribution in [0.4, 0.5) is 11.5 Å². The molecular weight excluding hydrogens is 374 g/mol. The zero-order valence-electron chi connectivity index (χ0n) is 17.0. The van der Waals surface area contributed by atoms with Crippen LogP contribution < -0.4 is 10.2 Å². The lowest BCUT2D eigenvalue weighted by Crippen LogP contribution is -2.36. The van der Waals surface area contributed by atoms with Crippen molar-refractivity contribution >= 4 is 23.5 Å². The second kappa shape index (κ2) is 9.37. The number of benzene rings is 2. The SMILES string of the molecule is Cc1cc(NC(=O)C=Cc2ccccc2)cc(-c2ccnc(N3CCOCC3)c2)c1. The molecule has 1 fully saturated rings. The summed E-state index contributed by atoms with van der Waals surface area (Å²) in [6, 6.07) is 20.0. The molecule has 152 valence electrons. The van der Waals surface area contributed by atoms with Crippen molar-refractivity contribution in [1.82, 2.24) is 4.98 Å². The fraction of sp³-hybridized carbons (Fsp3) is 0.200. The summed E-state index contributed by atoms with van der Waals surface area (Å²) in [4.78, 5) is 19.1. The van der Waals surface area contributed by atoms with Crippen molar-refractivity contribution in [3.05, 3.63) is 84.1 Å². The van der Waals surface area contributed by atoms with Gasteiger partial charge in [-0.3, -0.25) is 4.79 Å². The number of amides is 1. The van der Waals surface area contributed by atoms with Gasteiger partial charge in [0, 0.05) is 31.0 Å². The number of carbonyl (C=O) groups is 1. The molecule has 2 aromatic carbocycles. The van der Waals surface area contributed by atoms with E-state index in [0.717, 1.165) is 60.1 Å². The number of pyridine rings is 1. The lowest BCUT2D eigenvalue weighted by Gasteiger charge is -2.28. The maximum atomic E-state index is 12.4. The molecule has 0 saturated carbocycles. The first-order valence-corrected chi connectivity index (χ1v) is 10.1. The van der Waals surface area contributed by atoms with Gasteiger partial charge in [-0.25, -0.2) is 4.98 Å². The summed E-state index contributed by atoms with van der Waals surface area (Å²) in [5.74, 6) is 0.799. The van der Waals surface area contributed by atoms with Gasteiger partial charge in [-0.1, -0.05) is 36.4 Å². The number of aromatic nitrogens is 1. The van der Waals surface area contributed by atoms with E-state index in [4.69, 9.17) is 4.74 Å². The Bertz CT molecular complexity index is 1040. The normalized spacial score (nSPS) is 14.1. The molecule has 5 nitrogen and oxygen atoms in total. The Balaban J connectivity index is 1.52. The van der Waals surface area contributed by atoms with E-state index in [1.165, 1.54) is 0 Å². The Hall–Kier alpha value is -3.44. The van der Waals surface area contributed by atoms with Crippen LogP contribution in [0.5, 0.6) is 0 Å². The molecule has 3 aromatic rings. The first-order chi connectivity index (χ1) is 14.7. The van der Waals surface area contributed by atoms with Crippen molar-refractivity contribution in [2.45, 2.75) is 6.92 Å². The molecule has 1 aliphatic rings. The topological polar surface area (TPSA) is 54.5 Å². The number of nitrogens with one attached hydrogen (secondary N) is 1. The smallest absolute Gasteiger partial charge is 0.248 e. The van der Waals surface area contributed by atoms with Crippen molar-refractivity contribution in [3.8, 4) is 11.1 Å². The van der Waals surface area contributed by atoms with Crippen molar-refractivity contribution in [3.63, 3.8) is 0 Å². The number of morpholine rings is 1. The van der Waals surface area contributed by atoms with Crippen molar-refractivity contribution in [2.24, 2.45) is 0 Å². The van der Waals surface area contributed by atoms with E-state index in [2.05, 4.69) is 27.3 Å². The number of carbonyl (C=O) groups excluding carboxylic acids is 1. The monoisotopic (exact) mass is 399 g/mol. The van der Waals surface area contributed by atoms with E-state index in [1.807, 2.05) is 67.7 Å². The van der Waals surface area contributed by atoms with Crippen molar-refractivity contribution in [1.29, 1.82) is 0 Å². The Labute approximate surface area is 177 Å². The van der Waals surface area contributed by atoms with Gasteiger partial charge in [0.15, 0.2) is 0 Å². The van der Waals surface area contributed by atoms with Crippen molar-refractivity contribution in [2.75, 3.05) is 36.5 Å². The highest BCUT2D eigenvalue weighted by Gasteiger charge is 2.13. The molecule has 0 atom stereocenters. The Morgan fingerprint density at radius 1 is 1.03 bits per heavy atom. The van der Waals surface area contributed by atoms with E-state index in [9.17, 15) is 4.79 Å². The van der Waals surface area contributed by atoms with Gasteiger partial charge < -0.3 is 15.0 Å². The molecule has 0 unspecified atom stereocenters. The third kappa shape index (κ3) is 5.13. The largest absolute Gasteiger partial charge is 0.378 e. The fourth-order valence-corrected chi connectivity index (χ4v) is 3.51. The van der Waals surface area contributed by atoms with Crippen LogP contribution in [0.1, 0.15) is 11.1 Å². The molecule has 30 heavy (non-hydrogen) atoms. The number of anilines is 2. The van der Waals surface area contributed by atoms with E-state index in [-0.39, 0.29) is 5.91 Å². The number of hydrogen-bond acceptors (Lipinski definition) is 4. The summed E-state index contributed by atoms with van der Waals surface area (Å²) < 4.78 is 5.44. The van der Waals surface area contributed by atoms with E-state index in [1.54, 1.807) is 6.08 Å². The predicted molar refractivity (Wildman–Crippen MR) is 122 cm³/mol. The van der Waals surface area contributed by atoms with Crippen LogP contribution in [0, 0.1) is 6.92 Å². The Morgan fingerprint density at radius 3 is 2.63 bits per heavy atom. The maximum Gasteiger partial charge on any atom is 0.248 e. The average molecular weight is 399 g/mol. The van der Waals surface area contributed by atoms with Crippen LogP contribution in [-0.2, 0) is 9.53 Å². The third-order valence-electron chi connectivity index (χ3n) is 4.99.